The second-order valence-corrected chi connectivity index (χ2v) is 8.56. The molecule has 0 saturated heterocycles. The monoisotopic (exact) mass is 584 g/mol. The van der Waals surface area contributed by atoms with Gasteiger partial charge < -0.3 is 19.9 Å². The van der Waals surface area contributed by atoms with E-state index in [9.17, 15) is 9.18 Å². The first-order valence-electron chi connectivity index (χ1n) is 11.4. The average Bonchev–Trinajstić information content (AvgIpc) is 3.40. The summed E-state index contributed by atoms with van der Waals surface area (Å²) in [6.45, 7) is 0.183. The number of ether oxygens (including phenoxy) is 1. The summed E-state index contributed by atoms with van der Waals surface area (Å²) in [7, 11) is 0. The zero-order valence-electron chi connectivity index (χ0n) is 20.6. The Morgan fingerprint density at radius 2 is 1.93 bits per heavy atom. The number of furan rings is 1. The lowest BCUT2D eigenvalue weighted by atomic mass is 10.1. The van der Waals surface area contributed by atoms with E-state index in [1.54, 1.807) is 42.5 Å². The molecule has 9 nitrogen and oxygen atoms in total. The summed E-state index contributed by atoms with van der Waals surface area (Å²) in [5, 5.41) is 13.0. The number of hydroxylamine groups is 1. The van der Waals surface area contributed by atoms with Crippen LogP contribution in [0.5, 0.6) is 5.75 Å². The number of carbonyl (C=O) groups excluding carboxylic acids is 1. The van der Waals surface area contributed by atoms with Crippen molar-refractivity contribution in [3.05, 3.63) is 107 Å². The number of amides is 1. The molecule has 0 unspecified atom stereocenters. The third kappa shape index (κ3) is 7.13. The maximum atomic E-state index is 13.4. The van der Waals surface area contributed by atoms with Gasteiger partial charge in [-0.3, -0.25) is 10.0 Å². The Kier molecular flexibility index (Phi) is 10.2. The van der Waals surface area contributed by atoms with Crippen molar-refractivity contribution in [1.29, 1.82) is 0 Å². The lowest BCUT2D eigenvalue weighted by molar-refractivity contribution is -0.124. The largest absolute Gasteiger partial charge is 0.487 e. The highest BCUT2D eigenvalue weighted by Crippen LogP contribution is 2.33. The molecule has 2 heterocycles. The van der Waals surface area contributed by atoms with Gasteiger partial charge in [0.15, 0.2) is 0 Å². The number of carbonyl (C=O) groups is 1. The van der Waals surface area contributed by atoms with Crippen LogP contribution < -0.4 is 15.5 Å². The molecule has 0 aliphatic heterocycles. The molecule has 5 rings (SSSR count). The topological polar surface area (TPSA) is 141 Å². The molecule has 3 aromatic carbocycles. The van der Waals surface area contributed by atoms with E-state index in [-0.39, 0.29) is 30.3 Å². The minimum absolute atomic E-state index is 0. The van der Waals surface area contributed by atoms with Crippen molar-refractivity contribution in [3.8, 4) is 17.1 Å². The number of benzene rings is 3. The van der Waals surface area contributed by atoms with Crippen molar-refractivity contribution in [2.75, 3.05) is 5.32 Å². The number of nitrogens with zero attached hydrogens (tertiary/aromatic N) is 2. The number of fused-ring (bicyclic) bond motifs is 1. The van der Waals surface area contributed by atoms with Gasteiger partial charge in [-0.1, -0.05) is 23.7 Å². The number of aromatic nitrogens is 2. The molecule has 2 aromatic heterocycles. The summed E-state index contributed by atoms with van der Waals surface area (Å²) in [6, 6.07) is 20.5. The van der Waals surface area contributed by atoms with Crippen LogP contribution in [0, 0.1) is 5.82 Å². The van der Waals surface area contributed by atoms with Crippen molar-refractivity contribution in [1.82, 2.24) is 15.4 Å². The summed E-state index contributed by atoms with van der Waals surface area (Å²) in [5.41, 5.74) is 4.41. The molecule has 0 atom stereocenters. The number of hydrogen-bond donors (Lipinski definition) is 3. The fourth-order valence-electron chi connectivity index (χ4n) is 3.72. The van der Waals surface area contributed by atoms with Crippen LogP contribution in [0.4, 0.5) is 15.9 Å². The molecule has 0 radical (unpaired) electrons. The standard InChI is InChI=1S/C28H20ClFN4O4.ClH.H2O/c29-23-14-20(5-9-26(23)37-15-17-2-1-3-19(30)12-17)33-28-22-13-18(4-8-24(22)31-16-32-28)25-10-6-21(38-25)7-11-27(35)34-36;;/h1-14,16,36H,15H2,(H,34,35)(H,31,32,33);1H;1H2. The first-order chi connectivity index (χ1) is 18.5. The Balaban J connectivity index is 0.00000220. The summed E-state index contributed by atoms with van der Waals surface area (Å²) in [6.07, 6.45) is 4.06. The lowest BCUT2D eigenvalue weighted by Gasteiger charge is -2.12. The smallest absolute Gasteiger partial charge is 0.267 e. The molecule has 5 N–H and O–H groups in total. The summed E-state index contributed by atoms with van der Waals surface area (Å²) in [4.78, 5) is 19.9. The molecule has 0 aliphatic carbocycles. The highest BCUT2D eigenvalue weighted by molar-refractivity contribution is 6.32. The van der Waals surface area contributed by atoms with Crippen LogP contribution in [0.2, 0.25) is 5.02 Å². The molecule has 206 valence electrons. The molecular formula is C28H23Cl2FN4O5. The van der Waals surface area contributed by atoms with E-state index in [0.717, 1.165) is 22.5 Å². The fraction of sp³-hybridized carbons (Fsp3) is 0.0357. The van der Waals surface area contributed by atoms with Crippen LogP contribution >= 0.6 is 24.0 Å². The molecule has 0 bridgehead atoms. The van der Waals surface area contributed by atoms with Crippen LogP contribution in [-0.2, 0) is 11.4 Å². The van der Waals surface area contributed by atoms with E-state index in [0.29, 0.717) is 39.4 Å². The predicted octanol–water partition coefficient (Wildman–Crippen LogP) is 6.12. The quantitative estimate of drug-likeness (QED) is 0.113. The second-order valence-electron chi connectivity index (χ2n) is 8.15. The van der Waals surface area contributed by atoms with E-state index >= 15 is 0 Å². The van der Waals surface area contributed by atoms with Crippen LogP contribution in [0.1, 0.15) is 11.3 Å². The van der Waals surface area contributed by atoms with Crippen molar-refractivity contribution in [2.24, 2.45) is 0 Å². The van der Waals surface area contributed by atoms with Gasteiger partial charge in [0.25, 0.3) is 5.91 Å². The molecule has 0 aliphatic rings. The van der Waals surface area contributed by atoms with Gasteiger partial charge in [0.05, 0.1) is 10.5 Å². The first-order valence-corrected chi connectivity index (χ1v) is 11.8. The van der Waals surface area contributed by atoms with Crippen molar-refractivity contribution >= 4 is 58.4 Å². The van der Waals surface area contributed by atoms with Gasteiger partial charge in [0.2, 0.25) is 0 Å². The zero-order chi connectivity index (χ0) is 26.5. The SMILES string of the molecule is Cl.O.O=C(C=Cc1ccc(-c2ccc3ncnc(Nc4ccc(OCc5cccc(F)c5)c(Cl)c4)c3c2)o1)NO. The lowest BCUT2D eigenvalue weighted by Crippen LogP contribution is -2.14. The maximum absolute atomic E-state index is 13.4. The summed E-state index contributed by atoms with van der Waals surface area (Å²) < 4.78 is 25.0. The number of hydrogen-bond acceptors (Lipinski definition) is 7. The van der Waals surface area contributed by atoms with E-state index in [1.807, 2.05) is 18.2 Å². The molecule has 12 heteroatoms. The number of anilines is 2. The first kappa shape index (κ1) is 30.1. The number of nitrogens with one attached hydrogen (secondary N) is 2. The van der Waals surface area contributed by atoms with Crippen molar-refractivity contribution in [2.45, 2.75) is 6.61 Å². The zero-order valence-corrected chi connectivity index (χ0v) is 22.2. The highest BCUT2D eigenvalue weighted by Gasteiger charge is 2.11. The Morgan fingerprint density at radius 3 is 2.70 bits per heavy atom. The number of halogens is 3. The second kappa shape index (κ2) is 13.5. The third-order valence-corrected chi connectivity index (χ3v) is 5.83. The minimum Gasteiger partial charge on any atom is -0.487 e. The van der Waals surface area contributed by atoms with E-state index in [4.69, 9.17) is 26.0 Å². The highest BCUT2D eigenvalue weighted by atomic mass is 35.5. The van der Waals surface area contributed by atoms with Gasteiger partial charge in [-0.25, -0.2) is 19.8 Å². The van der Waals surface area contributed by atoms with Crippen LogP contribution in [0.25, 0.3) is 28.3 Å². The Bertz CT molecular complexity index is 1660. The molecular weight excluding hydrogens is 562 g/mol. The molecule has 1 amide bonds. The van der Waals surface area contributed by atoms with E-state index in [1.165, 1.54) is 30.0 Å². The van der Waals surface area contributed by atoms with Crippen LogP contribution in [-0.4, -0.2) is 26.6 Å². The minimum atomic E-state index is -0.659. The molecule has 0 saturated carbocycles. The van der Waals surface area contributed by atoms with Gasteiger partial charge in [0.1, 0.15) is 41.8 Å². The molecule has 40 heavy (non-hydrogen) atoms. The van der Waals surface area contributed by atoms with Gasteiger partial charge in [0, 0.05) is 22.7 Å². The molecule has 5 aromatic rings. The number of rotatable bonds is 8. The van der Waals surface area contributed by atoms with Gasteiger partial charge >= 0.3 is 0 Å². The predicted molar refractivity (Wildman–Crippen MR) is 153 cm³/mol. The van der Waals surface area contributed by atoms with Crippen molar-refractivity contribution in [3.63, 3.8) is 0 Å². The van der Waals surface area contributed by atoms with Gasteiger partial charge in [-0.2, -0.15) is 0 Å². The van der Waals surface area contributed by atoms with Crippen LogP contribution in [0.3, 0.4) is 0 Å². The van der Waals surface area contributed by atoms with E-state index < -0.39 is 5.91 Å². The summed E-state index contributed by atoms with van der Waals surface area (Å²) in [5.74, 6) is 1.07. The Morgan fingerprint density at radius 1 is 1.07 bits per heavy atom. The normalized spacial score (nSPS) is 10.6. The fourth-order valence-corrected chi connectivity index (χ4v) is 3.96. The molecule has 0 spiro atoms. The van der Waals surface area contributed by atoms with Gasteiger partial charge in [-0.05, 0) is 72.3 Å². The van der Waals surface area contributed by atoms with Gasteiger partial charge in [-0.15, -0.1) is 12.4 Å². The van der Waals surface area contributed by atoms with Crippen molar-refractivity contribution < 1.29 is 29.0 Å². The van der Waals surface area contributed by atoms with Crippen LogP contribution in [0.15, 0.2) is 89.6 Å². The Hall–Kier alpha value is -4.48. The molecule has 0 fully saturated rings. The Labute approximate surface area is 239 Å². The third-order valence-electron chi connectivity index (χ3n) is 5.53. The van der Waals surface area contributed by atoms with E-state index in [2.05, 4.69) is 15.3 Å². The maximum Gasteiger partial charge on any atom is 0.267 e. The summed E-state index contributed by atoms with van der Waals surface area (Å²) >= 11 is 6.44. The average molecular weight is 585 g/mol.